The van der Waals surface area contributed by atoms with Crippen molar-refractivity contribution in [1.82, 2.24) is 4.98 Å². The Balaban J connectivity index is 1.79. The van der Waals surface area contributed by atoms with E-state index in [1.54, 1.807) is 0 Å². The summed E-state index contributed by atoms with van der Waals surface area (Å²) in [5.74, 6) is 13.0. The summed E-state index contributed by atoms with van der Waals surface area (Å²) in [6.07, 6.45) is 4.11. The van der Waals surface area contributed by atoms with Crippen LogP contribution in [0.2, 0.25) is 0 Å². The number of thiophene rings is 1. The van der Waals surface area contributed by atoms with E-state index in [1.807, 2.05) is 11.3 Å². The third kappa shape index (κ3) is 3.10. The van der Waals surface area contributed by atoms with Crippen LogP contribution in [0.1, 0.15) is 50.7 Å². The fourth-order valence-corrected chi connectivity index (χ4v) is 4.36. The molecule has 2 aromatic heterocycles. The van der Waals surface area contributed by atoms with E-state index in [-0.39, 0.29) is 0 Å². The van der Waals surface area contributed by atoms with E-state index in [0.29, 0.717) is 0 Å². The van der Waals surface area contributed by atoms with Gasteiger partial charge in [-0.2, -0.15) is 0 Å². The smallest absolute Gasteiger partial charge is 0.0654 e. The Hall–Kier alpha value is -2.68. The summed E-state index contributed by atoms with van der Waals surface area (Å²) in [4.78, 5) is 3.61. The molecule has 128 valence electrons. The Kier molecular flexibility index (Phi) is 4.70. The van der Waals surface area contributed by atoms with Crippen LogP contribution in [0.15, 0.2) is 36.4 Å². The summed E-state index contributed by atoms with van der Waals surface area (Å²) >= 11 is 1.84. The zero-order chi connectivity index (χ0) is 17.9. The van der Waals surface area contributed by atoms with Gasteiger partial charge in [0.25, 0.3) is 0 Å². The minimum atomic E-state index is 0.950. The molecule has 0 aliphatic carbocycles. The number of hydrogen-bond acceptors (Lipinski definition) is 1. The summed E-state index contributed by atoms with van der Waals surface area (Å²) in [5.41, 5.74) is 4.58. The fourth-order valence-electron chi connectivity index (χ4n) is 3.13. The molecular formula is C24H21NS. The number of rotatable bonds is 2. The van der Waals surface area contributed by atoms with Gasteiger partial charge in [-0.1, -0.05) is 49.7 Å². The molecular weight excluding hydrogens is 334 g/mol. The van der Waals surface area contributed by atoms with Crippen LogP contribution in [0, 0.1) is 23.7 Å². The third-order valence-corrected chi connectivity index (χ3v) is 5.62. The van der Waals surface area contributed by atoms with Gasteiger partial charge in [0.15, 0.2) is 0 Å². The van der Waals surface area contributed by atoms with Crippen LogP contribution >= 0.6 is 11.3 Å². The Morgan fingerprint density at radius 3 is 2.19 bits per heavy atom. The second kappa shape index (κ2) is 7.28. The van der Waals surface area contributed by atoms with Gasteiger partial charge in [0, 0.05) is 45.0 Å². The topological polar surface area (TPSA) is 15.8 Å². The second-order valence-electron chi connectivity index (χ2n) is 6.51. The number of unbranched alkanes of at least 4 members (excludes halogenated alkanes) is 2. The monoisotopic (exact) mass is 355 g/mol. The van der Waals surface area contributed by atoms with Crippen LogP contribution in [0.3, 0.4) is 0 Å². The van der Waals surface area contributed by atoms with Gasteiger partial charge in [-0.3, -0.25) is 0 Å². The lowest BCUT2D eigenvalue weighted by Gasteiger charge is -1.94. The number of aromatic amines is 1. The van der Waals surface area contributed by atoms with Crippen molar-refractivity contribution in [2.45, 2.75) is 39.5 Å². The Morgan fingerprint density at radius 1 is 0.846 bits per heavy atom. The van der Waals surface area contributed by atoms with E-state index >= 15 is 0 Å². The first-order valence-electron chi connectivity index (χ1n) is 9.26. The molecule has 0 aliphatic heterocycles. The molecule has 4 aromatic rings. The lowest BCUT2D eigenvalue weighted by Crippen LogP contribution is -1.76. The van der Waals surface area contributed by atoms with E-state index < -0.39 is 0 Å². The van der Waals surface area contributed by atoms with E-state index in [1.165, 1.54) is 31.2 Å². The summed E-state index contributed by atoms with van der Waals surface area (Å²) in [6, 6.07) is 13.0. The molecule has 0 saturated heterocycles. The SMILES string of the molecule is CCCC#Cc1ccc2c(c1)[nH]c1c3ccc(C#CCCC)cc3sc21. The van der Waals surface area contributed by atoms with Crippen molar-refractivity contribution in [2.24, 2.45) is 0 Å². The molecule has 0 spiro atoms. The van der Waals surface area contributed by atoms with Crippen LogP contribution < -0.4 is 0 Å². The van der Waals surface area contributed by atoms with Gasteiger partial charge in [0.05, 0.1) is 10.2 Å². The molecule has 0 aliphatic rings. The first-order valence-corrected chi connectivity index (χ1v) is 10.1. The van der Waals surface area contributed by atoms with Crippen LogP contribution in [0.25, 0.3) is 31.2 Å². The number of hydrogen-bond donors (Lipinski definition) is 1. The molecule has 0 radical (unpaired) electrons. The maximum absolute atomic E-state index is 3.61. The molecule has 1 nitrogen and oxygen atoms in total. The molecule has 0 fully saturated rings. The Morgan fingerprint density at radius 2 is 1.50 bits per heavy atom. The zero-order valence-corrected chi connectivity index (χ0v) is 16.0. The van der Waals surface area contributed by atoms with E-state index in [9.17, 15) is 0 Å². The van der Waals surface area contributed by atoms with Crippen LogP contribution in [-0.4, -0.2) is 4.98 Å². The standard InChI is InChI=1S/C24H21NS/c1-3-5-7-9-17-11-13-19-21(15-17)25-23-20-14-12-18(10-8-6-4-2)16-22(20)26-24(19)23/h11-16,25H,3-6H2,1-2H3. The molecule has 0 atom stereocenters. The van der Waals surface area contributed by atoms with Gasteiger partial charge < -0.3 is 4.98 Å². The molecule has 0 bridgehead atoms. The van der Waals surface area contributed by atoms with Crippen molar-refractivity contribution in [2.75, 3.05) is 0 Å². The van der Waals surface area contributed by atoms with Crippen LogP contribution in [0.5, 0.6) is 0 Å². The summed E-state index contributed by atoms with van der Waals surface area (Å²) < 4.78 is 2.62. The second-order valence-corrected chi connectivity index (χ2v) is 7.56. The quantitative estimate of drug-likeness (QED) is 0.379. The highest BCUT2D eigenvalue weighted by Crippen LogP contribution is 2.38. The minimum Gasteiger partial charge on any atom is -0.353 e. The van der Waals surface area contributed by atoms with E-state index in [2.05, 4.69) is 78.9 Å². The lowest BCUT2D eigenvalue weighted by molar-refractivity contribution is 0.983. The Labute approximate surface area is 158 Å². The number of H-pyrrole nitrogens is 1. The van der Waals surface area contributed by atoms with Gasteiger partial charge in [-0.15, -0.1) is 11.3 Å². The third-order valence-electron chi connectivity index (χ3n) is 4.43. The highest BCUT2D eigenvalue weighted by molar-refractivity contribution is 7.26. The first-order chi connectivity index (χ1) is 12.8. The van der Waals surface area contributed by atoms with Crippen molar-refractivity contribution < 1.29 is 0 Å². The number of benzene rings is 2. The molecule has 4 rings (SSSR count). The van der Waals surface area contributed by atoms with Crippen molar-refractivity contribution in [3.8, 4) is 23.7 Å². The van der Waals surface area contributed by atoms with Crippen LogP contribution in [0.4, 0.5) is 0 Å². The zero-order valence-electron chi connectivity index (χ0n) is 15.2. The van der Waals surface area contributed by atoms with Crippen molar-refractivity contribution in [3.63, 3.8) is 0 Å². The highest BCUT2D eigenvalue weighted by Gasteiger charge is 2.11. The molecule has 26 heavy (non-hydrogen) atoms. The van der Waals surface area contributed by atoms with Gasteiger partial charge in [-0.05, 0) is 37.1 Å². The molecule has 0 saturated carbocycles. The van der Waals surface area contributed by atoms with Gasteiger partial charge in [-0.25, -0.2) is 0 Å². The molecule has 2 heteroatoms. The van der Waals surface area contributed by atoms with Crippen molar-refractivity contribution >= 4 is 42.5 Å². The fraction of sp³-hybridized carbons (Fsp3) is 0.250. The summed E-state index contributed by atoms with van der Waals surface area (Å²) in [5, 5.41) is 2.56. The maximum atomic E-state index is 3.61. The average molecular weight is 356 g/mol. The van der Waals surface area contributed by atoms with E-state index in [4.69, 9.17) is 0 Å². The average Bonchev–Trinajstić information content (AvgIpc) is 3.17. The number of aromatic nitrogens is 1. The predicted molar refractivity (Wildman–Crippen MR) is 115 cm³/mol. The molecule has 2 aromatic carbocycles. The largest absolute Gasteiger partial charge is 0.353 e. The van der Waals surface area contributed by atoms with Gasteiger partial charge in [0.1, 0.15) is 0 Å². The first kappa shape index (κ1) is 16.8. The Bertz CT molecular complexity index is 1120. The molecule has 0 amide bonds. The van der Waals surface area contributed by atoms with Crippen molar-refractivity contribution in [1.29, 1.82) is 0 Å². The lowest BCUT2D eigenvalue weighted by atomic mass is 10.1. The minimum absolute atomic E-state index is 0.950. The number of nitrogens with one attached hydrogen (secondary N) is 1. The van der Waals surface area contributed by atoms with Gasteiger partial charge >= 0.3 is 0 Å². The molecule has 2 heterocycles. The maximum Gasteiger partial charge on any atom is 0.0654 e. The number of fused-ring (bicyclic) bond motifs is 5. The molecule has 0 unspecified atom stereocenters. The van der Waals surface area contributed by atoms with E-state index in [0.717, 1.165) is 36.8 Å². The van der Waals surface area contributed by atoms with Gasteiger partial charge in [0.2, 0.25) is 0 Å². The highest BCUT2D eigenvalue weighted by atomic mass is 32.1. The normalized spacial score (nSPS) is 10.7. The van der Waals surface area contributed by atoms with Crippen molar-refractivity contribution in [3.05, 3.63) is 47.5 Å². The predicted octanol–water partition coefficient (Wildman–Crippen LogP) is 6.84. The summed E-state index contributed by atoms with van der Waals surface area (Å²) in [6.45, 7) is 4.31. The molecule has 1 N–H and O–H groups in total. The van der Waals surface area contributed by atoms with Crippen LogP contribution in [-0.2, 0) is 0 Å². The summed E-state index contributed by atoms with van der Waals surface area (Å²) in [7, 11) is 0.